The van der Waals surface area contributed by atoms with Gasteiger partial charge in [0.05, 0.1) is 6.10 Å². The molecular weight excluding hydrogens is 232 g/mol. The summed E-state index contributed by atoms with van der Waals surface area (Å²) in [7, 11) is 2.08. The van der Waals surface area contributed by atoms with Crippen LogP contribution in [0.4, 0.5) is 5.69 Å². The molecule has 2 rings (SSSR count). The maximum Gasteiger partial charge on any atom is 0.103 e. The minimum Gasteiger partial charge on any atom is -0.389 e. The van der Waals surface area contributed by atoms with E-state index < -0.39 is 0 Å². The molecule has 0 aromatic heterocycles. The second-order valence-corrected chi connectivity index (χ2v) is 4.87. The Labute approximate surface area is 108 Å². The predicted octanol–water partition coefficient (Wildman–Crippen LogP) is 1.94. The summed E-state index contributed by atoms with van der Waals surface area (Å²) >= 11 is 4.93. The number of likely N-dealkylation sites (N-methyl/N-ethyl adjacent to an activating group) is 1. The lowest BCUT2D eigenvalue weighted by Gasteiger charge is -2.22. The Morgan fingerprint density at radius 2 is 2.18 bits per heavy atom. The second-order valence-electron chi connectivity index (χ2n) is 4.43. The Hall–Kier alpha value is -1.13. The Balaban J connectivity index is 1.98. The van der Waals surface area contributed by atoms with Gasteiger partial charge in [0.1, 0.15) is 4.99 Å². The maximum absolute atomic E-state index is 5.62. The van der Waals surface area contributed by atoms with E-state index in [4.69, 9.17) is 22.7 Å². The standard InChI is InChI=1S/C13H18N2OS/c1-15(9-12-3-2-8-16-12)11-6-4-10(5-7-11)13(14)17/h4-7,12H,2-3,8-9H2,1H3,(H2,14,17). The number of hydrogen-bond donors (Lipinski definition) is 1. The van der Waals surface area contributed by atoms with E-state index >= 15 is 0 Å². The third kappa shape index (κ3) is 3.17. The van der Waals surface area contributed by atoms with Gasteiger partial charge in [-0.1, -0.05) is 12.2 Å². The van der Waals surface area contributed by atoms with Gasteiger partial charge in [-0.15, -0.1) is 0 Å². The molecule has 1 aliphatic rings. The number of nitrogens with zero attached hydrogens (tertiary/aromatic N) is 1. The van der Waals surface area contributed by atoms with Crippen molar-refractivity contribution in [2.45, 2.75) is 18.9 Å². The average molecular weight is 250 g/mol. The lowest BCUT2D eigenvalue weighted by Crippen LogP contribution is -2.28. The summed E-state index contributed by atoms with van der Waals surface area (Å²) < 4.78 is 5.62. The summed E-state index contributed by atoms with van der Waals surface area (Å²) in [5.41, 5.74) is 7.65. The molecule has 1 saturated heterocycles. The van der Waals surface area contributed by atoms with Gasteiger partial charge < -0.3 is 15.4 Å². The molecular formula is C13H18N2OS. The summed E-state index contributed by atoms with van der Waals surface area (Å²) in [6.45, 7) is 1.84. The molecule has 0 bridgehead atoms. The van der Waals surface area contributed by atoms with Crippen molar-refractivity contribution < 1.29 is 4.74 Å². The van der Waals surface area contributed by atoms with Crippen molar-refractivity contribution in [3.8, 4) is 0 Å². The third-order valence-electron chi connectivity index (χ3n) is 3.09. The van der Waals surface area contributed by atoms with Crippen molar-refractivity contribution in [3.05, 3.63) is 29.8 Å². The molecule has 1 heterocycles. The summed E-state index contributed by atoms with van der Waals surface area (Å²) in [5, 5.41) is 0. The van der Waals surface area contributed by atoms with Crippen LogP contribution in [0.1, 0.15) is 18.4 Å². The molecule has 0 saturated carbocycles. The van der Waals surface area contributed by atoms with Crippen molar-refractivity contribution in [2.24, 2.45) is 5.73 Å². The van der Waals surface area contributed by atoms with E-state index in [1.807, 2.05) is 24.3 Å². The molecule has 1 aromatic rings. The van der Waals surface area contributed by atoms with Gasteiger partial charge in [-0.25, -0.2) is 0 Å². The van der Waals surface area contributed by atoms with Crippen LogP contribution in [0.5, 0.6) is 0 Å². The van der Waals surface area contributed by atoms with E-state index in [-0.39, 0.29) is 0 Å². The zero-order chi connectivity index (χ0) is 12.3. The number of anilines is 1. The monoisotopic (exact) mass is 250 g/mol. The summed E-state index contributed by atoms with van der Waals surface area (Å²) in [5.74, 6) is 0. The van der Waals surface area contributed by atoms with Crippen LogP contribution in [0, 0.1) is 0 Å². The highest BCUT2D eigenvalue weighted by atomic mass is 32.1. The van der Waals surface area contributed by atoms with E-state index in [1.165, 1.54) is 12.1 Å². The van der Waals surface area contributed by atoms with Gasteiger partial charge in [-0.3, -0.25) is 0 Å². The van der Waals surface area contributed by atoms with Gasteiger partial charge >= 0.3 is 0 Å². The van der Waals surface area contributed by atoms with Crippen molar-refractivity contribution in [3.63, 3.8) is 0 Å². The molecule has 0 aliphatic carbocycles. The topological polar surface area (TPSA) is 38.5 Å². The van der Waals surface area contributed by atoms with E-state index in [1.54, 1.807) is 0 Å². The van der Waals surface area contributed by atoms with Gasteiger partial charge in [0.25, 0.3) is 0 Å². The molecule has 1 aliphatic heterocycles. The summed E-state index contributed by atoms with van der Waals surface area (Å²) in [6.07, 6.45) is 2.71. The molecule has 0 amide bonds. The van der Waals surface area contributed by atoms with E-state index in [0.717, 1.165) is 25.1 Å². The molecule has 3 nitrogen and oxygen atoms in total. The molecule has 1 atom stereocenters. The fourth-order valence-electron chi connectivity index (χ4n) is 2.08. The van der Waals surface area contributed by atoms with E-state index in [9.17, 15) is 0 Å². The molecule has 17 heavy (non-hydrogen) atoms. The first-order valence-electron chi connectivity index (χ1n) is 5.89. The minimum atomic E-state index is 0.371. The maximum atomic E-state index is 5.62. The van der Waals surface area contributed by atoms with Crippen LogP contribution >= 0.6 is 12.2 Å². The van der Waals surface area contributed by atoms with Gasteiger partial charge in [0.2, 0.25) is 0 Å². The first-order chi connectivity index (χ1) is 8.16. The fraction of sp³-hybridized carbons (Fsp3) is 0.462. The summed E-state index contributed by atoms with van der Waals surface area (Å²) in [6, 6.07) is 8.01. The quantitative estimate of drug-likeness (QED) is 0.829. The van der Waals surface area contributed by atoms with Crippen molar-refractivity contribution in [2.75, 3.05) is 25.1 Å². The van der Waals surface area contributed by atoms with Crippen molar-refractivity contribution in [1.82, 2.24) is 0 Å². The Bertz CT molecular complexity index is 385. The van der Waals surface area contributed by atoms with Crippen LogP contribution in [0.2, 0.25) is 0 Å². The van der Waals surface area contributed by atoms with Crippen molar-refractivity contribution in [1.29, 1.82) is 0 Å². The highest BCUT2D eigenvalue weighted by Crippen LogP contribution is 2.18. The lowest BCUT2D eigenvalue weighted by molar-refractivity contribution is 0.116. The predicted molar refractivity (Wildman–Crippen MR) is 74.6 cm³/mol. The largest absolute Gasteiger partial charge is 0.389 e. The van der Waals surface area contributed by atoms with Crippen LogP contribution in [-0.4, -0.2) is 31.3 Å². The van der Waals surface area contributed by atoms with Crippen LogP contribution in [0.15, 0.2) is 24.3 Å². The Morgan fingerprint density at radius 3 is 2.71 bits per heavy atom. The second kappa shape index (κ2) is 5.47. The molecule has 1 aromatic carbocycles. The third-order valence-corrected chi connectivity index (χ3v) is 3.33. The smallest absolute Gasteiger partial charge is 0.103 e. The molecule has 0 spiro atoms. The number of rotatable bonds is 4. The molecule has 92 valence electrons. The normalized spacial score (nSPS) is 19.2. The van der Waals surface area contributed by atoms with Gasteiger partial charge in [-0.05, 0) is 37.1 Å². The van der Waals surface area contributed by atoms with Crippen LogP contribution in [0.3, 0.4) is 0 Å². The number of nitrogens with two attached hydrogens (primary N) is 1. The molecule has 2 N–H and O–H groups in total. The first kappa shape index (κ1) is 12.3. The number of benzene rings is 1. The van der Waals surface area contributed by atoms with Gasteiger partial charge in [-0.2, -0.15) is 0 Å². The number of hydrogen-bond acceptors (Lipinski definition) is 3. The molecule has 4 heteroatoms. The van der Waals surface area contributed by atoms with E-state index in [2.05, 4.69) is 11.9 Å². The number of ether oxygens (including phenoxy) is 1. The van der Waals surface area contributed by atoms with Crippen LogP contribution < -0.4 is 10.6 Å². The average Bonchev–Trinajstić information content (AvgIpc) is 2.82. The minimum absolute atomic E-state index is 0.371. The van der Waals surface area contributed by atoms with Gasteiger partial charge in [0, 0.05) is 31.5 Å². The molecule has 1 fully saturated rings. The fourth-order valence-corrected chi connectivity index (χ4v) is 2.22. The number of thiocarbonyl (C=S) groups is 1. The van der Waals surface area contributed by atoms with Gasteiger partial charge in [0.15, 0.2) is 0 Å². The highest BCUT2D eigenvalue weighted by molar-refractivity contribution is 7.80. The summed E-state index contributed by atoms with van der Waals surface area (Å²) in [4.78, 5) is 2.65. The highest BCUT2D eigenvalue weighted by Gasteiger charge is 2.17. The SMILES string of the molecule is CN(CC1CCCO1)c1ccc(C(N)=S)cc1. The van der Waals surface area contributed by atoms with E-state index in [0.29, 0.717) is 11.1 Å². The zero-order valence-electron chi connectivity index (χ0n) is 10.1. The zero-order valence-corrected chi connectivity index (χ0v) is 10.9. The Morgan fingerprint density at radius 1 is 1.47 bits per heavy atom. The van der Waals surface area contributed by atoms with Crippen LogP contribution in [-0.2, 0) is 4.74 Å². The lowest BCUT2D eigenvalue weighted by atomic mass is 10.2. The molecule has 1 unspecified atom stereocenters. The molecule has 0 radical (unpaired) electrons. The van der Waals surface area contributed by atoms with Crippen molar-refractivity contribution >= 4 is 22.9 Å². The first-order valence-corrected chi connectivity index (χ1v) is 6.30. The Kier molecular flexibility index (Phi) is 3.97. The van der Waals surface area contributed by atoms with Crippen LogP contribution in [0.25, 0.3) is 0 Å².